The topological polar surface area (TPSA) is 94.2 Å². The second kappa shape index (κ2) is 9.23. The van der Waals surface area contributed by atoms with Gasteiger partial charge in [-0.1, -0.05) is 11.6 Å². The van der Waals surface area contributed by atoms with Crippen LogP contribution >= 0.6 is 11.6 Å². The van der Waals surface area contributed by atoms with Gasteiger partial charge < -0.3 is 19.5 Å². The molecule has 8 nitrogen and oxygen atoms in total. The van der Waals surface area contributed by atoms with Gasteiger partial charge in [0.1, 0.15) is 0 Å². The number of hydrogen-bond donors (Lipinski definition) is 1. The van der Waals surface area contributed by atoms with Gasteiger partial charge in [-0.25, -0.2) is 8.42 Å². The molecule has 0 spiro atoms. The second-order valence-electron chi connectivity index (χ2n) is 6.07. The van der Waals surface area contributed by atoms with Crippen LogP contribution in [0.15, 0.2) is 30.3 Å². The fourth-order valence-corrected chi connectivity index (χ4v) is 3.41. The zero-order valence-electron chi connectivity index (χ0n) is 16.8. The van der Waals surface area contributed by atoms with Gasteiger partial charge in [-0.2, -0.15) is 0 Å². The Balaban J connectivity index is 2.22. The molecule has 1 amide bonds. The molecule has 29 heavy (non-hydrogen) atoms. The fourth-order valence-electron chi connectivity index (χ4n) is 2.65. The summed E-state index contributed by atoms with van der Waals surface area (Å²) in [4.78, 5) is 12.6. The van der Waals surface area contributed by atoms with Crippen LogP contribution in [0.4, 0.5) is 5.69 Å². The molecule has 0 saturated carbocycles. The maximum Gasteiger partial charge on any atom is 0.253 e. The molecule has 10 heteroatoms. The molecule has 158 valence electrons. The van der Waals surface area contributed by atoms with Crippen molar-refractivity contribution in [3.63, 3.8) is 0 Å². The summed E-state index contributed by atoms with van der Waals surface area (Å²) in [6.07, 6.45) is 1.08. The molecule has 0 radical (unpaired) electrons. The predicted molar refractivity (Wildman–Crippen MR) is 112 cm³/mol. The summed E-state index contributed by atoms with van der Waals surface area (Å²) in [7, 11) is 2.49. The number of nitrogens with zero attached hydrogens (tertiary/aromatic N) is 1. The molecule has 0 aliphatic heterocycles. The maximum absolute atomic E-state index is 12.6. The van der Waals surface area contributed by atoms with Crippen LogP contribution in [-0.2, 0) is 16.6 Å². The fraction of sp³-hybridized carbons (Fsp3) is 0.316. The van der Waals surface area contributed by atoms with Crippen molar-refractivity contribution in [2.24, 2.45) is 0 Å². The molecule has 0 atom stereocenters. The monoisotopic (exact) mass is 442 g/mol. The number of sulfonamides is 1. The first-order chi connectivity index (χ1) is 13.6. The third-order valence-corrected chi connectivity index (χ3v) is 5.80. The summed E-state index contributed by atoms with van der Waals surface area (Å²) in [5.74, 6) is 0.963. The molecule has 0 aliphatic rings. The molecular formula is C19H23ClN2O6S. The largest absolute Gasteiger partial charge is 0.493 e. The van der Waals surface area contributed by atoms with Crippen LogP contribution in [0.25, 0.3) is 0 Å². The third-order valence-electron chi connectivity index (χ3n) is 4.28. The number of anilines is 1. The van der Waals surface area contributed by atoms with Gasteiger partial charge in [0.2, 0.25) is 15.8 Å². The number of ether oxygens (including phenoxy) is 3. The van der Waals surface area contributed by atoms with Crippen molar-refractivity contribution in [3.05, 3.63) is 46.5 Å². The van der Waals surface area contributed by atoms with E-state index in [1.165, 1.54) is 46.6 Å². The van der Waals surface area contributed by atoms with E-state index in [-0.39, 0.29) is 17.1 Å². The van der Waals surface area contributed by atoms with Crippen LogP contribution in [0, 0.1) is 0 Å². The molecule has 2 aromatic carbocycles. The SMILES string of the molecule is COc1ccc(CNC(=O)c2ccc(N(C)S(C)(=O)=O)cc2Cl)c(OC)c1OC. The first-order valence-corrected chi connectivity index (χ1v) is 10.7. The van der Waals surface area contributed by atoms with Gasteiger partial charge in [0.05, 0.1) is 43.9 Å². The van der Waals surface area contributed by atoms with Crippen LogP contribution in [-0.4, -0.2) is 49.0 Å². The lowest BCUT2D eigenvalue weighted by atomic mass is 10.1. The summed E-state index contributed by atoms with van der Waals surface area (Å²) >= 11 is 6.20. The third kappa shape index (κ3) is 5.04. The molecular weight excluding hydrogens is 420 g/mol. The molecule has 0 aromatic heterocycles. The lowest BCUT2D eigenvalue weighted by Gasteiger charge is -2.18. The average Bonchev–Trinajstić information content (AvgIpc) is 2.69. The molecule has 0 aliphatic carbocycles. The lowest BCUT2D eigenvalue weighted by Crippen LogP contribution is -2.26. The van der Waals surface area contributed by atoms with Crippen LogP contribution in [0.2, 0.25) is 5.02 Å². The highest BCUT2D eigenvalue weighted by atomic mass is 35.5. The predicted octanol–water partition coefficient (Wildman–Crippen LogP) is 2.69. The van der Waals surface area contributed by atoms with E-state index in [9.17, 15) is 13.2 Å². The Kier molecular flexibility index (Phi) is 7.21. The van der Waals surface area contributed by atoms with Gasteiger partial charge in [0, 0.05) is 19.2 Å². The zero-order valence-corrected chi connectivity index (χ0v) is 18.3. The summed E-state index contributed by atoms with van der Waals surface area (Å²) in [6, 6.07) is 7.88. The Labute approximate surface area is 175 Å². The summed E-state index contributed by atoms with van der Waals surface area (Å²) in [6.45, 7) is 0.156. The van der Waals surface area contributed by atoms with Gasteiger partial charge in [-0.15, -0.1) is 0 Å². The summed E-state index contributed by atoms with van der Waals surface area (Å²) < 4.78 is 40.4. The highest BCUT2D eigenvalue weighted by molar-refractivity contribution is 7.92. The molecule has 2 rings (SSSR count). The van der Waals surface area contributed by atoms with Crippen molar-refractivity contribution < 1.29 is 27.4 Å². The first-order valence-electron chi connectivity index (χ1n) is 8.43. The number of halogens is 1. The molecule has 0 heterocycles. The van der Waals surface area contributed by atoms with Gasteiger partial charge in [0.15, 0.2) is 11.5 Å². The van der Waals surface area contributed by atoms with Gasteiger partial charge in [-0.3, -0.25) is 9.10 Å². The normalized spacial score (nSPS) is 11.0. The van der Waals surface area contributed by atoms with E-state index in [0.29, 0.717) is 28.5 Å². The Morgan fingerprint density at radius 3 is 2.24 bits per heavy atom. The summed E-state index contributed by atoms with van der Waals surface area (Å²) in [5.41, 5.74) is 1.26. The van der Waals surface area contributed by atoms with Crippen molar-refractivity contribution in [1.82, 2.24) is 5.32 Å². The van der Waals surface area contributed by atoms with E-state index in [4.69, 9.17) is 25.8 Å². The number of carbonyl (C=O) groups excluding carboxylic acids is 1. The van der Waals surface area contributed by atoms with E-state index in [0.717, 1.165) is 10.6 Å². The van der Waals surface area contributed by atoms with Crippen molar-refractivity contribution in [2.45, 2.75) is 6.54 Å². The van der Waals surface area contributed by atoms with E-state index >= 15 is 0 Å². The van der Waals surface area contributed by atoms with Crippen molar-refractivity contribution in [3.8, 4) is 17.2 Å². The number of methoxy groups -OCH3 is 3. The number of amides is 1. The van der Waals surface area contributed by atoms with Crippen molar-refractivity contribution >= 4 is 33.2 Å². The number of carbonyl (C=O) groups is 1. The van der Waals surface area contributed by atoms with Crippen LogP contribution in [0.5, 0.6) is 17.2 Å². The molecule has 0 saturated heterocycles. The Hall–Kier alpha value is -2.65. The molecule has 2 aromatic rings. The highest BCUT2D eigenvalue weighted by Crippen LogP contribution is 2.39. The van der Waals surface area contributed by atoms with E-state index in [1.807, 2.05) is 0 Å². The minimum absolute atomic E-state index is 0.134. The van der Waals surface area contributed by atoms with Gasteiger partial charge >= 0.3 is 0 Å². The Bertz CT molecular complexity index is 1010. The second-order valence-corrected chi connectivity index (χ2v) is 8.49. The number of benzene rings is 2. The highest BCUT2D eigenvalue weighted by Gasteiger charge is 2.19. The number of nitrogens with one attached hydrogen (secondary N) is 1. The van der Waals surface area contributed by atoms with Crippen LogP contribution in [0.1, 0.15) is 15.9 Å². The Morgan fingerprint density at radius 1 is 1.07 bits per heavy atom. The van der Waals surface area contributed by atoms with E-state index in [2.05, 4.69) is 5.32 Å². The van der Waals surface area contributed by atoms with E-state index in [1.54, 1.807) is 12.1 Å². The minimum atomic E-state index is -3.43. The van der Waals surface area contributed by atoms with Crippen LogP contribution in [0.3, 0.4) is 0 Å². The molecule has 1 N–H and O–H groups in total. The Morgan fingerprint density at radius 2 is 1.72 bits per heavy atom. The standard InChI is InChI=1S/C19H23ClN2O6S/c1-22(29(5,24)25)13-7-8-14(15(20)10-13)19(23)21-11-12-6-9-16(26-2)18(28-4)17(12)27-3/h6-10H,11H2,1-5H3,(H,21,23). The molecule has 0 fully saturated rings. The maximum atomic E-state index is 12.6. The van der Waals surface area contributed by atoms with E-state index < -0.39 is 15.9 Å². The smallest absolute Gasteiger partial charge is 0.253 e. The lowest BCUT2D eigenvalue weighted by molar-refractivity contribution is 0.0950. The van der Waals surface area contributed by atoms with Crippen molar-refractivity contribution in [2.75, 3.05) is 38.9 Å². The summed E-state index contributed by atoms with van der Waals surface area (Å²) in [5, 5.41) is 2.90. The van der Waals surface area contributed by atoms with Crippen LogP contribution < -0.4 is 23.8 Å². The minimum Gasteiger partial charge on any atom is -0.493 e. The molecule has 0 bridgehead atoms. The average molecular weight is 443 g/mol. The number of rotatable bonds is 8. The van der Waals surface area contributed by atoms with Gasteiger partial charge in [0.25, 0.3) is 5.91 Å². The van der Waals surface area contributed by atoms with Gasteiger partial charge in [-0.05, 0) is 30.3 Å². The number of hydrogen-bond acceptors (Lipinski definition) is 6. The van der Waals surface area contributed by atoms with Crippen molar-refractivity contribution in [1.29, 1.82) is 0 Å². The first kappa shape index (κ1) is 22.6. The zero-order chi connectivity index (χ0) is 21.8. The quantitative estimate of drug-likeness (QED) is 0.675. The molecule has 0 unspecified atom stereocenters.